The molecule has 0 heterocycles. The number of carbonyl (C=O) groups excluding carboxylic acids is 1. The molecule has 5 nitrogen and oxygen atoms in total. The van der Waals surface area contributed by atoms with Gasteiger partial charge >= 0.3 is 11.9 Å². The van der Waals surface area contributed by atoms with Gasteiger partial charge in [-0.05, 0) is 0 Å². The molecule has 0 aliphatic heterocycles. The molecule has 1 atom stereocenters. The predicted octanol–water partition coefficient (Wildman–Crippen LogP) is -0.249. The van der Waals surface area contributed by atoms with Crippen molar-refractivity contribution in [2.75, 3.05) is 0 Å². The molecule has 0 aromatic carbocycles. The van der Waals surface area contributed by atoms with E-state index in [9.17, 15) is 14.4 Å². The maximum Gasteiger partial charge on any atom is 0.372 e. The minimum atomic E-state index is -1.59. The van der Waals surface area contributed by atoms with Gasteiger partial charge in [0.25, 0.3) is 0 Å². The van der Waals surface area contributed by atoms with Gasteiger partial charge in [-0.1, -0.05) is 6.92 Å². The fourth-order valence-corrected chi connectivity index (χ4v) is 0.453. The van der Waals surface area contributed by atoms with Gasteiger partial charge in [-0.15, -0.1) is 0 Å². The first-order valence-electron chi connectivity index (χ1n) is 2.94. The molecule has 0 saturated heterocycles. The van der Waals surface area contributed by atoms with Crippen molar-refractivity contribution in [3.63, 3.8) is 0 Å². The topological polar surface area (TPSA) is 91.7 Å². The van der Waals surface area contributed by atoms with E-state index in [0.717, 1.165) is 0 Å². The van der Waals surface area contributed by atoms with Crippen LogP contribution in [0, 0.1) is 5.92 Å². The van der Waals surface area contributed by atoms with Crippen LogP contribution in [0.2, 0.25) is 0 Å². The molecule has 0 aromatic rings. The lowest BCUT2D eigenvalue weighted by atomic mass is 10.1. The Morgan fingerprint density at radius 2 is 1.73 bits per heavy atom. The smallest absolute Gasteiger partial charge is 0.372 e. The normalized spacial score (nSPS) is 12.1. The molecule has 1 unspecified atom stereocenters. The molecule has 0 spiro atoms. The number of ketones is 1. The Morgan fingerprint density at radius 3 is 2.00 bits per heavy atom. The Morgan fingerprint density at radius 1 is 1.27 bits per heavy atom. The fourth-order valence-electron chi connectivity index (χ4n) is 0.453. The van der Waals surface area contributed by atoms with E-state index in [-0.39, 0.29) is 0 Å². The standard InChI is InChI=1S/C6H8O5/c1-3(5(8)9)2-4(7)6(10)11/h3H,2H2,1H3,(H,8,9)(H,10,11). The molecule has 0 saturated carbocycles. The number of carboxylic acids is 2. The molecule has 5 heteroatoms. The second-order valence-corrected chi connectivity index (χ2v) is 2.17. The van der Waals surface area contributed by atoms with Crippen molar-refractivity contribution in [1.29, 1.82) is 0 Å². The third kappa shape index (κ3) is 3.34. The summed E-state index contributed by atoms with van der Waals surface area (Å²) in [6.07, 6.45) is -0.454. The van der Waals surface area contributed by atoms with E-state index in [0.29, 0.717) is 0 Å². The van der Waals surface area contributed by atoms with Crippen LogP contribution in [0.25, 0.3) is 0 Å². The third-order valence-electron chi connectivity index (χ3n) is 1.15. The molecule has 0 rings (SSSR count). The highest BCUT2D eigenvalue weighted by molar-refractivity contribution is 6.32. The summed E-state index contributed by atoms with van der Waals surface area (Å²) in [5, 5.41) is 16.3. The second-order valence-electron chi connectivity index (χ2n) is 2.17. The van der Waals surface area contributed by atoms with Gasteiger partial charge in [0.05, 0.1) is 5.92 Å². The molecule has 62 valence electrons. The number of hydrogen-bond acceptors (Lipinski definition) is 3. The van der Waals surface area contributed by atoms with E-state index in [2.05, 4.69) is 0 Å². The zero-order valence-corrected chi connectivity index (χ0v) is 5.90. The average Bonchev–Trinajstić information content (AvgIpc) is 1.87. The van der Waals surface area contributed by atoms with E-state index in [4.69, 9.17) is 10.2 Å². The van der Waals surface area contributed by atoms with Crippen LogP contribution in [0.5, 0.6) is 0 Å². The van der Waals surface area contributed by atoms with E-state index in [1.54, 1.807) is 0 Å². The predicted molar refractivity (Wildman–Crippen MR) is 34.1 cm³/mol. The van der Waals surface area contributed by atoms with Gasteiger partial charge < -0.3 is 10.2 Å². The molecule has 0 aromatic heterocycles. The van der Waals surface area contributed by atoms with Gasteiger partial charge in [0.1, 0.15) is 0 Å². The molecule has 0 aliphatic carbocycles. The van der Waals surface area contributed by atoms with Crippen LogP contribution >= 0.6 is 0 Å². The lowest BCUT2D eigenvalue weighted by molar-refractivity contribution is -0.151. The molecule has 0 fully saturated rings. The van der Waals surface area contributed by atoms with Crippen molar-refractivity contribution in [3.05, 3.63) is 0 Å². The summed E-state index contributed by atoms with van der Waals surface area (Å²) in [5.41, 5.74) is 0. The zero-order valence-electron chi connectivity index (χ0n) is 5.90. The Kier molecular flexibility index (Phi) is 3.23. The number of aliphatic carboxylic acids is 2. The Labute approximate surface area is 62.6 Å². The molecular weight excluding hydrogens is 152 g/mol. The Bertz CT molecular complexity index is 195. The van der Waals surface area contributed by atoms with Crippen LogP contribution < -0.4 is 0 Å². The average molecular weight is 160 g/mol. The maximum absolute atomic E-state index is 10.4. The van der Waals surface area contributed by atoms with E-state index in [1.165, 1.54) is 6.92 Å². The van der Waals surface area contributed by atoms with Crippen LogP contribution in [-0.4, -0.2) is 27.9 Å². The number of carbonyl (C=O) groups is 3. The van der Waals surface area contributed by atoms with Gasteiger partial charge in [-0.25, -0.2) is 4.79 Å². The molecule has 0 aliphatic rings. The maximum atomic E-state index is 10.4. The summed E-state index contributed by atoms with van der Waals surface area (Å²) >= 11 is 0. The second kappa shape index (κ2) is 3.70. The van der Waals surface area contributed by atoms with Crippen molar-refractivity contribution in [2.24, 2.45) is 5.92 Å². The summed E-state index contributed by atoms with van der Waals surface area (Å²) in [6.45, 7) is 1.28. The SMILES string of the molecule is CC(CC(=O)C(=O)O)C(=O)O. The first-order chi connectivity index (χ1) is 4.95. The molecule has 0 bridgehead atoms. The third-order valence-corrected chi connectivity index (χ3v) is 1.15. The number of carboxylic acid groups (broad SMARTS) is 2. The number of hydrogen-bond donors (Lipinski definition) is 2. The zero-order chi connectivity index (χ0) is 9.02. The van der Waals surface area contributed by atoms with Crippen molar-refractivity contribution in [3.8, 4) is 0 Å². The number of Topliss-reactive ketones (excluding diaryl/α,β-unsaturated/α-hetero) is 1. The quantitative estimate of drug-likeness (QED) is 0.553. The summed E-state index contributed by atoms with van der Waals surface area (Å²) < 4.78 is 0. The van der Waals surface area contributed by atoms with Crippen LogP contribution in [-0.2, 0) is 14.4 Å². The van der Waals surface area contributed by atoms with Crippen molar-refractivity contribution < 1.29 is 24.6 Å². The van der Waals surface area contributed by atoms with E-state index < -0.39 is 30.1 Å². The highest BCUT2D eigenvalue weighted by Crippen LogP contribution is 2.01. The minimum Gasteiger partial charge on any atom is -0.481 e. The molecule has 0 radical (unpaired) electrons. The summed E-state index contributed by atoms with van der Waals surface area (Å²) in [7, 11) is 0. The molecular formula is C6H8O5. The van der Waals surface area contributed by atoms with Crippen molar-refractivity contribution >= 4 is 17.7 Å². The summed E-state index contributed by atoms with van der Waals surface area (Å²) in [6, 6.07) is 0. The van der Waals surface area contributed by atoms with Crippen molar-refractivity contribution in [1.82, 2.24) is 0 Å². The highest BCUT2D eigenvalue weighted by Gasteiger charge is 2.19. The lowest BCUT2D eigenvalue weighted by Gasteiger charge is -2.00. The number of rotatable bonds is 4. The van der Waals surface area contributed by atoms with Crippen LogP contribution in [0.4, 0.5) is 0 Å². The molecule has 2 N–H and O–H groups in total. The van der Waals surface area contributed by atoms with E-state index in [1.807, 2.05) is 0 Å². The van der Waals surface area contributed by atoms with Crippen LogP contribution in [0.3, 0.4) is 0 Å². The molecule has 0 amide bonds. The van der Waals surface area contributed by atoms with Crippen LogP contribution in [0.1, 0.15) is 13.3 Å². The van der Waals surface area contributed by atoms with Crippen LogP contribution in [0.15, 0.2) is 0 Å². The largest absolute Gasteiger partial charge is 0.481 e. The van der Waals surface area contributed by atoms with E-state index >= 15 is 0 Å². The highest BCUT2D eigenvalue weighted by atomic mass is 16.4. The monoisotopic (exact) mass is 160 g/mol. The fraction of sp³-hybridized carbons (Fsp3) is 0.500. The van der Waals surface area contributed by atoms with Crippen molar-refractivity contribution in [2.45, 2.75) is 13.3 Å². The minimum absolute atomic E-state index is 0.454. The Hall–Kier alpha value is -1.39. The lowest BCUT2D eigenvalue weighted by Crippen LogP contribution is -2.20. The first-order valence-corrected chi connectivity index (χ1v) is 2.94. The first kappa shape index (κ1) is 9.61. The van der Waals surface area contributed by atoms with Gasteiger partial charge in [-0.2, -0.15) is 0 Å². The summed E-state index contributed by atoms with van der Waals surface area (Å²) in [5.74, 6) is -4.75. The van der Waals surface area contributed by atoms with Gasteiger partial charge in [0.2, 0.25) is 5.78 Å². The Balaban J connectivity index is 3.95. The van der Waals surface area contributed by atoms with Gasteiger partial charge in [0, 0.05) is 6.42 Å². The van der Waals surface area contributed by atoms with Gasteiger partial charge in [-0.3, -0.25) is 9.59 Å². The molecule has 11 heavy (non-hydrogen) atoms. The summed E-state index contributed by atoms with van der Waals surface area (Å²) in [4.78, 5) is 30.4. The van der Waals surface area contributed by atoms with Gasteiger partial charge in [0.15, 0.2) is 0 Å².